The number of likely N-dealkylation sites (tertiary alicyclic amines) is 2. The third kappa shape index (κ3) is 5.90. The predicted molar refractivity (Wildman–Crippen MR) is 130 cm³/mol. The van der Waals surface area contributed by atoms with Crippen LogP contribution in [0.2, 0.25) is 0 Å². The lowest BCUT2D eigenvalue weighted by Gasteiger charge is -2.40. The average molecular weight is 436 g/mol. The largest absolute Gasteiger partial charge is 0.496 e. The van der Waals surface area contributed by atoms with Gasteiger partial charge in [0.2, 0.25) is 0 Å². The normalized spacial score (nSPS) is 18.4. The molecular weight excluding hydrogens is 398 g/mol. The van der Waals surface area contributed by atoms with Crippen molar-refractivity contribution in [3.05, 3.63) is 54.1 Å². The Bertz CT molecular complexity index is 853. The summed E-state index contributed by atoms with van der Waals surface area (Å²) in [7, 11) is 1.68. The van der Waals surface area contributed by atoms with Crippen LogP contribution in [0.1, 0.15) is 48.9 Å². The van der Waals surface area contributed by atoms with Gasteiger partial charge in [0.05, 0.1) is 7.11 Å². The number of nitrogens with one attached hydrogen (secondary N) is 1. The highest BCUT2D eigenvalue weighted by Gasteiger charge is 2.25. The fourth-order valence-corrected chi connectivity index (χ4v) is 5.08. The van der Waals surface area contributed by atoms with Gasteiger partial charge in [-0.2, -0.15) is 0 Å². The minimum Gasteiger partial charge on any atom is -0.496 e. The maximum Gasteiger partial charge on any atom is 0.251 e. The Labute approximate surface area is 192 Å². The number of benzene rings is 2. The fourth-order valence-electron chi connectivity index (χ4n) is 5.08. The molecule has 2 aromatic carbocycles. The van der Waals surface area contributed by atoms with E-state index >= 15 is 0 Å². The number of amides is 1. The first-order valence-electron chi connectivity index (χ1n) is 12.2. The molecule has 0 spiro atoms. The summed E-state index contributed by atoms with van der Waals surface area (Å²) in [5.41, 5.74) is 2.78. The molecule has 2 saturated heterocycles. The molecule has 4 rings (SSSR count). The molecule has 0 atom stereocenters. The molecule has 0 unspecified atom stereocenters. The van der Waals surface area contributed by atoms with Crippen molar-refractivity contribution >= 4 is 5.91 Å². The van der Waals surface area contributed by atoms with Gasteiger partial charge in [0.15, 0.2) is 0 Å². The second-order valence-electron chi connectivity index (χ2n) is 9.06. The van der Waals surface area contributed by atoms with Gasteiger partial charge >= 0.3 is 0 Å². The van der Waals surface area contributed by atoms with Crippen LogP contribution in [0, 0.1) is 0 Å². The molecule has 1 amide bonds. The van der Waals surface area contributed by atoms with Gasteiger partial charge in [0.1, 0.15) is 5.75 Å². The summed E-state index contributed by atoms with van der Waals surface area (Å²) in [6, 6.07) is 16.5. The Hall–Kier alpha value is -2.37. The number of piperidine rings is 2. The van der Waals surface area contributed by atoms with Crippen LogP contribution in [0.3, 0.4) is 0 Å². The number of carbonyl (C=O) groups is 1. The van der Waals surface area contributed by atoms with Crippen molar-refractivity contribution < 1.29 is 9.53 Å². The molecule has 32 heavy (non-hydrogen) atoms. The SMILES string of the molecule is COc1ccccc1-c1ccc(C(=O)NCCCN2CCC(N3CCCCC3)CC2)cc1. The molecule has 2 aliphatic heterocycles. The third-order valence-electron chi connectivity index (χ3n) is 6.97. The summed E-state index contributed by atoms with van der Waals surface area (Å²) in [4.78, 5) is 17.8. The van der Waals surface area contributed by atoms with Gasteiger partial charge in [0, 0.05) is 23.7 Å². The summed E-state index contributed by atoms with van der Waals surface area (Å²) in [6.45, 7) is 6.78. The van der Waals surface area contributed by atoms with Crippen LogP contribution >= 0.6 is 0 Å². The zero-order valence-corrected chi connectivity index (χ0v) is 19.4. The van der Waals surface area contributed by atoms with E-state index in [1.54, 1.807) is 7.11 Å². The minimum absolute atomic E-state index is 0.000355. The topological polar surface area (TPSA) is 44.8 Å². The van der Waals surface area contributed by atoms with Gasteiger partial charge in [-0.1, -0.05) is 36.8 Å². The summed E-state index contributed by atoms with van der Waals surface area (Å²) in [5, 5.41) is 3.08. The monoisotopic (exact) mass is 435 g/mol. The lowest BCUT2D eigenvalue weighted by molar-refractivity contribution is 0.0903. The molecule has 1 N–H and O–H groups in total. The highest BCUT2D eigenvalue weighted by atomic mass is 16.5. The number of carbonyl (C=O) groups excluding carboxylic acids is 1. The van der Waals surface area contributed by atoms with Crippen LogP contribution in [0.5, 0.6) is 5.75 Å². The van der Waals surface area contributed by atoms with Gasteiger partial charge in [-0.25, -0.2) is 0 Å². The number of para-hydroxylation sites is 1. The Morgan fingerprint density at radius 2 is 1.69 bits per heavy atom. The predicted octanol–water partition coefficient (Wildman–Crippen LogP) is 4.43. The van der Waals surface area contributed by atoms with E-state index in [1.165, 1.54) is 58.3 Å². The molecule has 2 aromatic rings. The van der Waals surface area contributed by atoms with Gasteiger partial charge in [-0.3, -0.25) is 4.79 Å². The minimum atomic E-state index is 0.000355. The summed E-state index contributed by atoms with van der Waals surface area (Å²) in [5.74, 6) is 0.838. The van der Waals surface area contributed by atoms with Crippen LogP contribution in [-0.2, 0) is 0 Å². The van der Waals surface area contributed by atoms with Crippen LogP contribution in [0.15, 0.2) is 48.5 Å². The number of ether oxygens (including phenoxy) is 1. The average Bonchev–Trinajstić information content (AvgIpc) is 2.87. The number of methoxy groups -OCH3 is 1. The molecule has 0 aromatic heterocycles. The number of hydrogen-bond donors (Lipinski definition) is 1. The molecule has 0 saturated carbocycles. The van der Waals surface area contributed by atoms with Crippen molar-refractivity contribution in [2.24, 2.45) is 0 Å². The zero-order valence-electron chi connectivity index (χ0n) is 19.4. The van der Waals surface area contributed by atoms with Crippen molar-refractivity contribution in [2.75, 3.05) is 46.4 Å². The molecule has 0 aliphatic carbocycles. The quantitative estimate of drug-likeness (QED) is 0.623. The second kappa shape index (κ2) is 11.5. The Morgan fingerprint density at radius 3 is 2.41 bits per heavy atom. The van der Waals surface area contributed by atoms with Gasteiger partial charge in [0.25, 0.3) is 5.91 Å². The second-order valence-corrected chi connectivity index (χ2v) is 9.06. The Kier molecular flexibility index (Phi) is 8.18. The van der Waals surface area contributed by atoms with Gasteiger partial charge in [-0.05, 0) is 88.6 Å². The number of hydrogen-bond acceptors (Lipinski definition) is 4. The van der Waals surface area contributed by atoms with Crippen molar-refractivity contribution in [1.29, 1.82) is 0 Å². The molecule has 2 heterocycles. The first-order chi connectivity index (χ1) is 15.7. The van der Waals surface area contributed by atoms with E-state index in [0.29, 0.717) is 5.56 Å². The molecule has 2 aliphatic rings. The van der Waals surface area contributed by atoms with Crippen molar-refractivity contribution in [3.8, 4) is 16.9 Å². The van der Waals surface area contributed by atoms with Crippen molar-refractivity contribution in [2.45, 2.75) is 44.6 Å². The zero-order chi connectivity index (χ0) is 22.2. The molecule has 0 radical (unpaired) electrons. The van der Waals surface area contributed by atoms with E-state index in [4.69, 9.17) is 4.74 Å². The highest BCUT2D eigenvalue weighted by Crippen LogP contribution is 2.29. The Morgan fingerprint density at radius 1 is 0.969 bits per heavy atom. The molecule has 172 valence electrons. The summed E-state index contributed by atoms with van der Waals surface area (Å²) in [6.07, 6.45) is 7.76. The van der Waals surface area contributed by atoms with E-state index in [2.05, 4.69) is 15.1 Å². The van der Waals surface area contributed by atoms with Gasteiger partial charge in [-0.15, -0.1) is 0 Å². The Balaban J connectivity index is 1.17. The maximum absolute atomic E-state index is 12.5. The number of rotatable bonds is 8. The molecule has 0 bridgehead atoms. The maximum atomic E-state index is 12.5. The molecule has 5 heteroatoms. The van der Waals surface area contributed by atoms with Crippen LogP contribution in [0.25, 0.3) is 11.1 Å². The number of nitrogens with zero attached hydrogens (tertiary/aromatic N) is 2. The molecule has 2 fully saturated rings. The lowest BCUT2D eigenvalue weighted by atomic mass is 10.00. The van der Waals surface area contributed by atoms with Crippen molar-refractivity contribution in [1.82, 2.24) is 15.1 Å². The van der Waals surface area contributed by atoms with Crippen molar-refractivity contribution in [3.63, 3.8) is 0 Å². The van der Waals surface area contributed by atoms with Crippen LogP contribution in [0.4, 0.5) is 0 Å². The molecule has 5 nitrogen and oxygen atoms in total. The van der Waals surface area contributed by atoms with E-state index in [1.807, 2.05) is 48.5 Å². The van der Waals surface area contributed by atoms with E-state index in [-0.39, 0.29) is 5.91 Å². The third-order valence-corrected chi connectivity index (χ3v) is 6.97. The standard InChI is InChI=1S/C27H37N3O2/c1-32-26-9-4-3-8-25(26)22-10-12-23(13-11-22)27(31)28-16-7-17-29-20-14-24(15-21-29)30-18-5-2-6-19-30/h3-4,8-13,24H,2,5-7,14-21H2,1H3,(H,28,31). The van der Waals surface area contributed by atoms with E-state index in [0.717, 1.165) is 42.4 Å². The lowest BCUT2D eigenvalue weighted by Crippen LogP contribution is -2.47. The first kappa shape index (κ1) is 22.8. The van der Waals surface area contributed by atoms with Crippen LogP contribution in [-0.4, -0.2) is 68.1 Å². The van der Waals surface area contributed by atoms with E-state index < -0.39 is 0 Å². The summed E-state index contributed by atoms with van der Waals surface area (Å²) >= 11 is 0. The molecular formula is C27H37N3O2. The van der Waals surface area contributed by atoms with Crippen LogP contribution < -0.4 is 10.1 Å². The smallest absolute Gasteiger partial charge is 0.251 e. The van der Waals surface area contributed by atoms with E-state index in [9.17, 15) is 4.79 Å². The highest BCUT2D eigenvalue weighted by molar-refractivity contribution is 5.94. The summed E-state index contributed by atoms with van der Waals surface area (Å²) < 4.78 is 5.44. The fraction of sp³-hybridized carbons (Fsp3) is 0.519. The van der Waals surface area contributed by atoms with Gasteiger partial charge < -0.3 is 19.9 Å². The first-order valence-corrected chi connectivity index (χ1v) is 12.2.